The first-order valence-corrected chi connectivity index (χ1v) is 7.08. The monoisotopic (exact) mass is 226 g/mol. The third-order valence-electron chi connectivity index (χ3n) is 4.04. The van der Waals surface area contributed by atoms with Crippen LogP contribution in [0.5, 0.6) is 0 Å². The zero-order valence-corrected chi connectivity index (χ0v) is 11.6. The van der Waals surface area contributed by atoms with Gasteiger partial charge < -0.3 is 10.2 Å². The molecule has 1 fully saturated rings. The maximum absolute atomic E-state index is 3.63. The van der Waals surface area contributed by atoms with Crippen LogP contribution in [0.4, 0.5) is 0 Å². The third-order valence-corrected chi connectivity index (χ3v) is 4.04. The van der Waals surface area contributed by atoms with Crippen molar-refractivity contribution in [3.8, 4) is 0 Å². The van der Waals surface area contributed by atoms with Gasteiger partial charge in [0.25, 0.3) is 0 Å². The molecular formula is C14H30N2. The quantitative estimate of drug-likeness (QED) is 0.749. The summed E-state index contributed by atoms with van der Waals surface area (Å²) in [4.78, 5) is 2.66. The molecule has 0 spiro atoms. The molecule has 1 N–H and O–H groups in total. The summed E-state index contributed by atoms with van der Waals surface area (Å²) in [6, 6.07) is 1.40. The Balaban J connectivity index is 2.11. The van der Waals surface area contributed by atoms with Gasteiger partial charge in [-0.3, -0.25) is 0 Å². The summed E-state index contributed by atoms with van der Waals surface area (Å²) in [7, 11) is 0. The Morgan fingerprint density at radius 3 is 2.19 bits per heavy atom. The van der Waals surface area contributed by atoms with Gasteiger partial charge in [-0.05, 0) is 58.7 Å². The number of likely N-dealkylation sites (tertiary alicyclic amines) is 1. The van der Waals surface area contributed by atoms with Gasteiger partial charge in [0, 0.05) is 12.1 Å². The van der Waals surface area contributed by atoms with Gasteiger partial charge >= 0.3 is 0 Å². The van der Waals surface area contributed by atoms with E-state index >= 15 is 0 Å². The lowest BCUT2D eigenvalue weighted by Gasteiger charge is -2.32. The van der Waals surface area contributed by atoms with E-state index in [4.69, 9.17) is 0 Å². The van der Waals surface area contributed by atoms with E-state index in [1.165, 1.54) is 38.8 Å². The molecule has 0 amide bonds. The van der Waals surface area contributed by atoms with Gasteiger partial charge in [0.15, 0.2) is 0 Å². The summed E-state index contributed by atoms with van der Waals surface area (Å²) in [5.74, 6) is 0.741. The van der Waals surface area contributed by atoms with E-state index in [1.807, 2.05) is 0 Å². The molecule has 16 heavy (non-hydrogen) atoms. The van der Waals surface area contributed by atoms with Crippen LogP contribution in [0, 0.1) is 5.92 Å². The predicted octanol–water partition coefficient (Wildman–Crippen LogP) is 2.89. The number of hydrogen-bond acceptors (Lipinski definition) is 2. The van der Waals surface area contributed by atoms with Crippen LogP contribution in [0.3, 0.4) is 0 Å². The average molecular weight is 226 g/mol. The molecule has 1 aliphatic rings. The van der Waals surface area contributed by atoms with E-state index in [-0.39, 0.29) is 0 Å². The number of hydrogen-bond donors (Lipinski definition) is 1. The molecule has 96 valence electrons. The van der Waals surface area contributed by atoms with Gasteiger partial charge in [-0.1, -0.05) is 20.3 Å². The number of rotatable bonds is 6. The Labute approximate surface area is 102 Å². The summed E-state index contributed by atoms with van der Waals surface area (Å²) in [5.41, 5.74) is 0. The molecule has 0 aromatic rings. The highest BCUT2D eigenvalue weighted by Gasteiger charge is 2.16. The Morgan fingerprint density at radius 1 is 1.00 bits per heavy atom. The highest BCUT2D eigenvalue weighted by molar-refractivity contribution is 4.73. The first kappa shape index (κ1) is 14.0. The van der Waals surface area contributed by atoms with E-state index in [2.05, 4.69) is 37.9 Å². The van der Waals surface area contributed by atoms with Crippen molar-refractivity contribution >= 4 is 0 Å². The molecule has 2 heteroatoms. The largest absolute Gasteiger partial charge is 0.314 e. The van der Waals surface area contributed by atoms with Crippen molar-refractivity contribution < 1.29 is 0 Å². The summed E-state index contributed by atoms with van der Waals surface area (Å²) in [6.07, 6.45) is 5.53. The minimum absolute atomic E-state index is 0.647. The summed E-state index contributed by atoms with van der Waals surface area (Å²) < 4.78 is 0. The minimum Gasteiger partial charge on any atom is -0.314 e. The molecule has 2 atom stereocenters. The molecule has 1 aliphatic heterocycles. The van der Waals surface area contributed by atoms with E-state index in [0.29, 0.717) is 6.04 Å². The Kier molecular flexibility index (Phi) is 6.37. The first-order chi connectivity index (χ1) is 7.61. The van der Waals surface area contributed by atoms with Crippen LogP contribution in [0.2, 0.25) is 0 Å². The van der Waals surface area contributed by atoms with Gasteiger partial charge in [0.2, 0.25) is 0 Å². The van der Waals surface area contributed by atoms with Crippen LogP contribution in [0.1, 0.15) is 53.4 Å². The summed E-state index contributed by atoms with van der Waals surface area (Å²) in [5, 5.41) is 3.63. The fraction of sp³-hybridized carbons (Fsp3) is 1.00. The van der Waals surface area contributed by atoms with Crippen molar-refractivity contribution in [3.63, 3.8) is 0 Å². The second kappa shape index (κ2) is 7.29. The molecule has 2 unspecified atom stereocenters. The molecule has 2 nitrogen and oxygen atoms in total. The smallest absolute Gasteiger partial charge is 0.00790 e. The predicted molar refractivity (Wildman–Crippen MR) is 71.8 cm³/mol. The molecule has 0 aromatic heterocycles. The lowest BCUT2D eigenvalue weighted by atomic mass is 10.1. The Bertz CT molecular complexity index is 174. The average Bonchev–Trinajstić information content (AvgIpc) is 2.29. The molecule has 1 heterocycles. The summed E-state index contributed by atoms with van der Waals surface area (Å²) >= 11 is 0. The van der Waals surface area contributed by atoms with Gasteiger partial charge in [-0.25, -0.2) is 0 Å². The van der Waals surface area contributed by atoms with E-state index < -0.39 is 0 Å². The van der Waals surface area contributed by atoms with E-state index in [9.17, 15) is 0 Å². The topological polar surface area (TPSA) is 15.3 Å². The molecule has 0 aliphatic carbocycles. The second-order valence-corrected chi connectivity index (χ2v) is 5.72. The van der Waals surface area contributed by atoms with Crippen molar-refractivity contribution in [1.29, 1.82) is 0 Å². The standard InChI is InChI=1S/C14H30N2/c1-12(2)14(4)15-9-8-13(3)16-10-6-5-7-11-16/h12-15H,5-11H2,1-4H3. The summed E-state index contributed by atoms with van der Waals surface area (Å²) in [6.45, 7) is 13.0. The maximum atomic E-state index is 3.63. The second-order valence-electron chi connectivity index (χ2n) is 5.72. The molecule has 0 saturated carbocycles. The van der Waals surface area contributed by atoms with Gasteiger partial charge in [-0.15, -0.1) is 0 Å². The molecule has 1 saturated heterocycles. The minimum atomic E-state index is 0.647. The highest BCUT2D eigenvalue weighted by Crippen LogP contribution is 2.13. The van der Waals surface area contributed by atoms with Gasteiger partial charge in [0.1, 0.15) is 0 Å². The van der Waals surface area contributed by atoms with Crippen LogP contribution >= 0.6 is 0 Å². The third kappa shape index (κ3) is 4.84. The number of nitrogens with one attached hydrogen (secondary N) is 1. The van der Waals surface area contributed by atoms with Crippen molar-refractivity contribution in [2.45, 2.75) is 65.5 Å². The van der Waals surface area contributed by atoms with Crippen LogP contribution < -0.4 is 5.32 Å². The van der Waals surface area contributed by atoms with Crippen molar-refractivity contribution in [2.75, 3.05) is 19.6 Å². The van der Waals surface area contributed by atoms with Crippen LogP contribution in [-0.4, -0.2) is 36.6 Å². The van der Waals surface area contributed by atoms with E-state index in [0.717, 1.165) is 18.5 Å². The first-order valence-electron chi connectivity index (χ1n) is 7.08. The Hall–Kier alpha value is -0.0800. The molecule has 1 rings (SSSR count). The zero-order chi connectivity index (χ0) is 12.0. The van der Waals surface area contributed by atoms with Crippen LogP contribution in [-0.2, 0) is 0 Å². The SMILES string of the molecule is CC(C)C(C)NCCC(C)N1CCCCC1. The maximum Gasteiger partial charge on any atom is 0.00790 e. The zero-order valence-electron chi connectivity index (χ0n) is 11.6. The fourth-order valence-electron chi connectivity index (χ4n) is 2.30. The lowest BCUT2D eigenvalue weighted by Crippen LogP contribution is -2.40. The molecular weight excluding hydrogens is 196 g/mol. The van der Waals surface area contributed by atoms with E-state index in [1.54, 1.807) is 0 Å². The van der Waals surface area contributed by atoms with Crippen LogP contribution in [0.15, 0.2) is 0 Å². The number of piperidine rings is 1. The lowest BCUT2D eigenvalue weighted by molar-refractivity contribution is 0.165. The Morgan fingerprint density at radius 2 is 1.62 bits per heavy atom. The normalized spacial score (nSPS) is 22.3. The fourth-order valence-corrected chi connectivity index (χ4v) is 2.30. The van der Waals surface area contributed by atoms with Gasteiger partial charge in [0.05, 0.1) is 0 Å². The highest BCUT2D eigenvalue weighted by atomic mass is 15.2. The number of nitrogens with zero attached hydrogens (tertiary/aromatic N) is 1. The van der Waals surface area contributed by atoms with Crippen molar-refractivity contribution in [2.24, 2.45) is 5.92 Å². The van der Waals surface area contributed by atoms with Crippen molar-refractivity contribution in [3.05, 3.63) is 0 Å². The molecule has 0 radical (unpaired) electrons. The van der Waals surface area contributed by atoms with Crippen molar-refractivity contribution in [1.82, 2.24) is 10.2 Å². The molecule has 0 bridgehead atoms. The molecule has 0 aromatic carbocycles. The van der Waals surface area contributed by atoms with Crippen LogP contribution in [0.25, 0.3) is 0 Å². The van der Waals surface area contributed by atoms with Gasteiger partial charge in [-0.2, -0.15) is 0 Å².